The van der Waals surface area contributed by atoms with E-state index < -0.39 is 79.7 Å². The van der Waals surface area contributed by atoms with Crippen molar-refractivity contribution in [3.05, 3.63) is 10.1 Å². The van der Waals surface area contributed by atoms with Gasteiger partial charge in [-0.2, -0.15) is 0 Å². The van der Waals surface area contributed by atoms with E-state index in [1.165, 1.54) is 0 Å². The first-order valence-electron chi connectivity index (χ1n) is 7.57. The second kappa shape index (κ2) is 8.22. The van der Waals surface area contributed by atoms with Gasteiger partial charge in [-0.25, -0.2) is 0 Å². The Morgan fingerprint density at radius 1 is 0.962 bits per heavy atom. The van der Waals surface area contributed by atoms with Crippen molar-refractivity contribution < 1.29 is 59.9 Å². The fourth-order valence-electron chi connectivity index (χ4n) is 2.85. The SMILES string of the molecule is O=[N+]([O-])O[C@H]1[C@H](O)[C@@H](CO)O[C@@]1(CO)O[C@H]1O[C@H](CO)[C@@H](O)[C@H](O)[C@H]1O. The van der Waals surface area contributed by atoms with Crippen LogP contribution in [0.2, 0.25) is 0 Å². The molecule has 0 aromatic carbocycles. The lowest BCUT2D eigenvalue weighted by atomic mass is 9.99. The Morgan fingerprint density at radius 3 is 2.08 bits per heavy atom. The number of rotatable bonds is 7. The summed E-state index contributed by atoms with van der Waals surface area (Å²) in [5, 5.41) is 76.9. The monoisotopic (exact) mass is 387 g/mol. The van der Waals surface area contributed by atoms with Crippen LogP contribution in [-0.4, -0.2) is 115 Å². The molecule has 0 amide bonds. The Hall–Kier alpha value is -1.20. The fraction of sp³-hybridized carbons (Fsp3) is 1.00. The molecule has 14 nitrogen and oxygen atoms in total. The van der Waals surface area contributed by atoms with Crippen molar-refractivity contribution in [2.75, 3.05) is 19.8 Å². The second-order valence-electron chi connectivity index (χ2n) is 5.86. The van der Waals surface area contributed by atoms with E-state index in [2.05, 4.69) is 4.84 Å². The molecule has 2 saturated heterocycles. The zero-order valence-electron chi connectivity index (χ0n) is 13.3. The standard InChI is InChI=1S/C12H21NO13/c14-1-4-6(17)8(19)9(20)11(23-4)25-12(3-16)10(26-13(21)22)7(18)5(2-15)24-12/h4-11,14-20H,1-3H2/t4-,5-,6-,7-,8+,9-,10+,11-,12+/m1/s1. The molecule has 0 aromatic heterocycles. The Kier molecular flexibility index (Phi) is 6.67. The van der Waals surface area contributed by atoms with Gasteiger partial charge in [0.1, 0.15) is 36.6 Å². The van der Waals surface area contributed by atoms with E-state index in [0.29, 0.717) is 0 Å². The quantitative estimate of drug-likeness (QED) is 0.160. The third kappa shape index (κ3) is 3.74. The lowest BCUT2D eigenvalue weighted by Gasteiger charge is -2.43. The molecule has 2 heterocycles. The van der Waals surface area contributed by atoms with Gasteiger partial charge in [-0.3, -0.25) is 0 Å². The predicted molar refractivity (Wildman–Crippen MR) is 74.5 cm³/mol. The smallest absolute Gasteiger partial charge is 0.295 e. The van der Waals surface area contributed by atoms with Gasteiger partial charge in [0.15, 0.2) is 12.4 Å². The van der Waals surface area contributed by atoms with Gasteiger partial charge in [0, 0.05) is 0 Å². The maximum Gasteiger partial charge on any atom is 0.295 e. The van der Waals surface area contributed by atoms with Crippen LogP contribution in [0.1, 0.15) is 0 Å². The number of aliphatic hydroxyl groups is 7. The normalized spacial score (nSPS) is 46.3. The van der Waals surface area contributed by atoms with Crippen LogP contribution in [0.4, 0.5) is 0 Å². The first kappa shape index (κ1) is 21.1. The Labute approximate surface area is 145 Å². The van der Waals surface area contributed by atoms with Gasteiger partial charge in [0.05, 0.1) is 19.8 Å². The summed E-state index contributed by atoms with van der Waals surface area (Å²) in [7, 11) is 0. The largest absolute Gasteiger partial charge is 0.394 e. The summed E-state index contributed by atoms with van der Waals surface area (Å²) in [5.74, 6) is -2.45. The lowest BCUT2D eigenvalue weighted by molar-refractivity contribution is -0.776. The highest BCUT2D eigenvalue weighted by molar-refractivity contribution is 4.99. The van der Waals surface area contributed by atoms with Gasteiger partial charge in [-0.05, 0) is 0 Å². The zero-order chi connectivity index (χ0) is 19.6. The molecule has 2 fully saturated rings. The van der Waals surface area contributed by atoms with E-state index in [1.807, 2.05) is 0 Å². The van der Waals surface area contributed by atoms with Crippen molar-refractivity contribution in [3.8, 4) is 0 Å². The first-order chi connectivity index (χ1) is 12.2. The minimum absolute atomic E-state index is 0.769. The molecule has 14 heteroatoms. The highest BCUT2D eigenvalue weighted by Gasteiger charge is 2.60. The molecule has 9 atom stereocenters. The van der Waals surface area contributed by atoms with Crippen LogP contribution in [-0.2, 0) is 19.0 Å². The molecule has 2 rings (SSSR count). The van der Waals surface area contributed by atoms with Crippen molar-refractivity contribution in [3.63, 3.8) is 0 Å². The highest BCUT2D eigenvalue weighted by atomic mass is 17.0. The molecule has 2 aliphatic rings. The van der Waals surface area contributed by atoms with Gasteiger partial charge < -0.3 is 54.8 Å². The molecule has 0 unspecified atom stereocenters. The summed E-state index contributed by atoms with van der Waals surface area (Å²) in [5.41, 5.74) is 0. The third-order valence-electron chi connectivity index (χ3n) is 4.24. The van der Waals surface area contributed by atoms with Crippen LogP contribution in [0.15, 0.2) is 0 Å². The minimum Gasteiger partial charge on any atom is -0.394 e. The summed E-state index contributed by atoms with van der Waals surface area (Å²) >= 11 is 0. The van der Waals surface area contributed by atoms with E-state index in [9.17, 15) is 40.8 Å². The molecule has 0 saturated carbocycles. The zero-order valence-corrected chi connectivity index (χ0v) is 13.3. The summed E-state index contributed by atoms with van der Waals surface area (Å²) in [4.78, 5) is 15.0. The van der Waals surface area contributed by atoms with Crippen LogP contribution < -0.4 is 0 Å². The fourth-order valence-corrected chi connectivity index (χ4v) is 2.85. The topological polar surface area (TPSA) is 222 Å². The van der Waals surface area contributed by atoms with Crippen LogP contribution in [0.25, 0.3) is 0 Å². The van der Waals surface area contributed by atoms with E-state index in [0.717, 1.165) is 0 Å². The lowest BCUT2D eigenvalue weighted by Crippen LogP contribution is -2.63. The van der Waals surface area contributed by atoms with Crippen molar-refractivity contribution in [1.29, 1.82) is 0 Å². The van der Waals surface area contributed by atoms with Crippen LogP contribution in [0, 0.1) is 10.1 Å². The molecule has 26 heavy (non-hydrogen) atoms. The second-order valence-corrected chi connectivity index (χ2v) is 5.86. The average molecular weight is 387 g/mol. The molecule has 0 radical (unpaired) electrons. The summed E-state index contributed by atoms with van der Waals surface area (Å²) in [6, 6.07) is 0. The molecule has 152 valence electrons. The Balaban J connectivity index is 2.28. The van der Waals surface area contributed by atoms with Crippen LogP contribution >= 0.6 is 0 Å². The van der Waals surface area contributed by atoms with Gasteiger partial charge >= 0.3 is 0 Å². The molecular weight excluding hydrogens is 366 g/mol. The predicted octanol–water partition coefficient (Wildman–Crippen LogP) is -5.18. The van der Waals surface area contributed by atoms with Crippen molar-refractivity contribution in [2.24, 2.45) is 0 Å². The number of ether oxygens (including phenoxy) is 3. The molecule has 0 aliphatic carbocycles. The summed E-state index contributed by atoms with van der Waals surface area (Å²) in [6.45, 7) is -2.71. The van der Waals surface area contributed by atoms with Gasteiger partial charge in [0.2, 0.25) is 5.79 Å². The van der Waals surface area contributed by atoms with Crippen molar-refractivity contribution in [1.82, 2.24) is 0 Å². The van der Waals surface area contributed by atoms with Crippen molar-refractivity contribution in [2.45, 2.75) is 54.8 Å². The summed E-state index contributed by atoms with van der Waals surface area (Å²) in [6.07, 6.45) is -13.8. The van der Waals surface area contributed by atoms with E-state index >= 15 is 0 Å². The number of hydrogen-bond donors (Lipinski definition) is 7. The maximum atomic E-state index is 10.7. The Bertz CT molecular complexity index is 492. The molecule has 0 aromatic rings. The first-order valence-corrected chi connectivity index (χ1v) is 7.57. The minimum atomic E-state index is -2.45. The molecule has 0 bridgehead atoms. The van der Waals surface area contributed by atoms with Gasteiger partial charge in [-0.1, -0.05) is 0 Å². The van der Waals surface area contributed by atoms with Gasteiger partial charge in [-0.15, -0.1) is 10.1 Å². The molecular formula is C12H21NO13. The van der Waals surface area contributed by atoms with Crippen LogP contribution in [0.5, 0.6) is 0 Å². The number of hydrogen-bond acceptors (Lipinski definition) is 13. The molecule has 7 N–H and O–H groups in total. The maximum absolute atomic E-state index is 10.7. The van der Waals surface area contributed by atoms with Gasteiger partial charge in [0.25, 0.3) is 5.09 Å². The third-order valence-corrected chi connectivity index (χ3v) is 4.24. The van der Waals surface area contributed by atoms with Crippen LogP contribution in [0.3, 0.4) is 0 Å². The highest BCUT2D eigenvalue weighted by Crippen LogP contribution is 2.37. The molecule has 2 aliphatic heterocycles. The van der Waals surface area contributed by atoms with E-state index in [1.54, 1.807) is 0 Å². The number of aliphatic hydroxyl groups excluding tert-OH is 7. The van der Waals surface area contributed by atoms with E-state index in [4.69, 9.17) is 19.3 Å². The van der Waals surface area contributed by atoms with Crippen molar-refractivity contribution >= 4 is 0 Å². The van der Waals surface area contributed by atoms with E-state index in [-0.39, 0.29) is 0 Å². The molecule has 0 spiro atoms. The summed E-state index contributed by atoms with van der Waals surface area (Å²) < 4.78 is 15.5. The average Bonchev–Trinajstić information content (AvgIpc) is 2.87. The Morgan fingerprint density at radius 2 is 1.58 bits per heavy atom. The number of nitrogens with zero attached hydrogens (tertiary/aromatic N) is 1.